The number of hydrogen-bond acceptors (Lipinski definition) is 2. The lowest BCUT2D eigenvalue weighted by molar-refractivity contribution is 0.479. The summed E-state index contributed by atoms with van der Waals surface area (Å²) in [5, 5.41) is 0. The molecule has 0 amide bonds. The van der Waals surface area contributed by atoms with Crippen LogP contribution in [0.1, 0.15) is 130 Å². The second-order valence-electron chi connectivity index (χ2n) is 20.0. The van der Waals surface area contributed by atoms with Crippen LogP contribution in [-0.4, -0.2) is 6.71 Å². The Hall–Kier alpha value is -4.24. The number of fused-ring (bicyclic) bond motifs is 4. The lowest BCUT2D eigenvalue weighted by Gasteiger charge is -2.45. The first-order valence-electron chi connectivity index (χ1n) is 19.2. The van der Waals surface area contributed by atoms with Crippen LogP contribution in [0.25, 0.3) is 0 Å². The highest BCUT2D eigenvalue weighted by molar-refractivity contribution is 6.98. The SMILES string of the molecule is CC(C)(C)c1ccc(N(c2ccc(C(C)(C)C)cc2)c2ccc3c(c2)C(C)(C)c2c(C(C)(C)C)ccc4c2B3c2cc(C(C)(C)C)ccc2O4)cc1. The van der Waals surface area contributed by atoms with Crippen LogP contribution in [0.2, 0.25) is 0 Å². The fourth-order valence-corrected chi connectivity index (χ4v) is 8.48. The number of rotatable bonds is 3. The Kier molecular flexibility index (Phi) is 8.26. The normalized spacial score (nSPS) is 15.0. The topological polar surface area (TPSA) is 12.5 Å². The van der Waals surface area contributed by atoms with E-state index in [0.717, 1.165) is 22.9 Å². The van der Waals surface area contributed by atoms with Crippen molar-refractivity contribution in [2.24, 2.45) is 0 Å². The van der Waals surface area contributed by atoms with Gasteiger partial charge in [0.05, 0.1) is 0 Å². The molecule has 0 aromatic heterocycles. The van der Waals surface area contributed by atoms with Gasteiger partial charge in [-0.3, -0.25) is 0 Å². The average molecular weight is 688 g/mol. The maximum absolute atomic E-state index is 6.80. The smallest absolute Gasteiger partial charge is 0.251 e. The van der Waals surface area contributed by atoms with Crippen molar-refractivity contribution in [3.8, 4) is 11.5 Å². The summed E-state index contributed by atoms with van der Waals surface area (Å²) in [4.78, 5) is 2.45. The van der Waals surface area contributed by atoms with Crippen molar-refractivity contribution in [3.05, 3.63) is 130 Å². The molecule has 0 bridgehead atoms. The second kappa shape index (κ2) is 11.9. The molecule has 5 aromatic carbocycles. The van der Waals surface area contributed by atoms with E-state index in [2.05, 4.69) is 199 Å². The molecule has 2 heterocycles. The molecule has 0 aliphatic carbocycles. The van der Waals surface area contributed by atoms with E-state index in [9.17, 15) is 0 Å². The third-order valence-electron chi connectivity index (χ3n) is 11.6. The number of anilines is 3. The Morgan fingerprint density at radius 1 is 0.481 bits per heavy atom. The van der Waals surface area contributed by atoms with Gasteiger partial charge >= 0.3 is 0 Å². The van der Waals surface area contributed by atoms with E-state index < -0.39 is 0 Å². The molecule has 0 saturated heterocycles. The summed E-state index contributed by atoms with van der Waals surface area (Å²) in [5.41, 5.74) is 15.5. The zero-order chi connectivity index (χ0) is 37.8. The molecule has 268 valence electrons. The fourth-order valence-electron chi connectivity index (χ4n) is 8.48. The monoisotopic (exact) mass is 687 g/mol. The molecule has 0 saturated carbocycles. The van der Waals surface area contributed by atoms with Crippen LogP contribution in [0.5, 0.6) is 11.5 Å². The van der Waals surface area contributed by atoms with Crippen molar-refractivity contribution in [2.75, 3.05) is 4.90 Å². The first-order valence-corrected chi connectivity index (χ1v) is 19.2. The van der Waals surface area contributed by atoms with Gasteiger partial charge in [-0.25, -0.2) is 0 Å². The van der Waals surface area contributed by atoms with Crippen LogP contribution in [0, 0.1) is 0 Å². The Morgan fingerprint density at radius 3 is 1.46 bits per heavy atom. The molecule has 0 spiro atoms. The van der Waals surface area contributed by atoms with Crippen molar-refractivity contribution < 1.29 is 4.74 Å². The molecule has 7 rings (SSSR count). The zero-order valence-electron chi connectivity index (χ0n) is 34.2. The molecule has 0 fully saturated rings. The fraction of sp³-hybridized carbons (Fsp3) is 0.388. The standard InChI is InChI=1S/C49H58BNO/c1-45(2,3)31-15-20-34(21-16-31)51(35-22-17-32(18-23-35)46(4,5)6)36-24-26-39-38(30-36)49(13,14)43-37(48(10,11)12)25-28-42-44(43)50(39)40-29-33(47(7,8)9)19-27-41(40)52-42/h15-30H,1-14H3. The molecule has 0 N–H and O–H groups in total. The number of ether oxygens (including phenoxy) is 1. The van der Waals surface area contributed by atoms with Crippen molar-refractivity contribution in [1.29, 1.82) is 0 Å². The summed E-state index contributed by atoms with van der Waals surface area (Å²) in [6.07, 6.45) is 0. The molecule has 0 radical (unpaired) electrons. The lowest BCUT2D eigenvalue weighted by atomic mass is 9.30. The van der Waals surface area contributed by atoms with E-state index in [1.165, 1.54) is 55.5 Å². The minimum absolute atomic E-state index is 0.0254. The van der Waals surface area contributed by atoms with Gasteiger partial charge in [0.1, 0.15) is 11.5 Å². The van der Waals surface area contributed by atoms with Gasteiger partial charge in [-0.2, -0.15) is 0 Å². The summed E-state index contributed by atoms with van der Waals surface area (Å²) in [6.45, 7) is 32.6. The molecular formula is C49H58BNO. The predicted octanol–water partition coefficient (Wildman–Crippen LogP) is 11.6. The van der Waals surface area contributed by atoms with Gasteiger partial charge in [0.2, 0.25) is 0 Å². The highest BCUT2D eigenvalue weighted by Crippen LogP contribution is 2.46. The summed E-state index contributed by atoms with van der Waals surface area (Å²) in [6, 6.07) is 37.1. The average Bonchev–Trinajstić information content (AvgIpc) is 3.05. The first-order chi connectivity index (χ1) is 24.1. The molecular weight excluding hydrogens is 629 g/mol. The van der Waals surface area contributed by atoms with Crippen LogP contribution in [0.3, 0.4) is 0 Å². The van der Waals surface area contributed by atoms with Crippen molar-refractivity contribution in [2.45, 2.75) is 124 Å². The molecule has 2 aliphatic rings. The third kappa shape index (κ3) is 6.08. The summed E-state index contributed by atoms with van der Waals surface area (Å²) >= 11 is 0. The lowest BCUT2D eigenvalue weighted by Crippen LogP contribution is -2.63. The van der Waals surface area contributed by atoms with E-state index in [0.29, 0.717) is 0 Å². The van der Waals surface area contributed by atoms with Gasteiger partial charge in [-0.1, -0.05) is 151 Å². The van der Waals surface area contributed by atoms with Gasteiger partial charge in [-0.15, -0.1) is 0 Å². The van der Waals surface area contributed by atoms with E-state index in [-0.39, 0.29) is 33.8 Å². The molecule has 2 nitrogen and oxygen atoms in total. The van der Waals surface area contributed by atoms with E-state index in [1.54, 1.807) is 0 Å². The quantitative estimate of drug-likeness (QED) is 0.172. The number of hydrogen-bond donors (Lipinski definition) is 0. The van der Waals surface area contributed by atoms with Gasteiger partial charge in [0.15, 0.2) is 0 Å². The van der Waals surface area contributed by atoms with Crippen LogP contribution in [-0.2, 0) is 27.1 Å². The maximum atomic E-state index is 6.80. The molecule has 3 heteroatoms. The molecule has 0 unspecified atom stereocenters. The highest BCUT2D eigenvalue weighted by Gasteiger charge is 2.47. The maximum Gasteiger partial charge on any atom is 0.251 e. The Balaban J connectivity index is 1.48. The summed E-state index contributed by atoms with van der Waals surface area (Å²) in [7, 11) is 0. The van der Waals surface area contributed by atoms with Crippen molar-refractivity contribution >= 4 is 40.2 Å². The molecule has 2 aliphatic heterocycles. The van der Waals surface area contributed by atoms with Crippen LogP contribution >= 0.6 is 0 Å². The molecule has 5 aromatic rings. The third-order valence-corrected chi connectivity index (χ3v) is 11.6. The van der Waals surface area contributed by atoms with Crippen molar-refractivity contribution in [3.63, 3.8) is 0 Å². The highest BCUT2D eigenvalue weighted by atomic mass is 16.5. The minimum Gasteiger partial charge on any atom is -0.458 e. The van der Waals surface area contributed by atoms with Gasteiger partial charge < -0.3 is 9.64 Å². The Bertz CT molecular complexity index is 2100. The number of nitrogens with zero attached hydrogens (tertiary/aromatic N) is 1. The van der Waals surface area contributed by atoms with Crippen LogP contribution in [0.4, 0.5) is 17.1 Å². The second-order valence-corrected chi connectivity index (χ2v) is 20.0. The zero-order valence-corrected chi connectivity index (χ0v) is 34.2. The first kappa shape index (κ1) is 36.1. The summed E-state index contributed by atoms with van der Waals surface area (Å²) < 4.78 is 6.80. The van der Waals surface area contributed by atoms with Crippen molar-refractivity contribution in [1.82, 2.24) is 0 Å². The van der Waals surface area contributed by atoms with E-state index >= 15 is 0 Å². The predicted molar refractivity (Wildman–Crippen MR) is 226 cm³/mol. The largest absolute Gasteiger partial charge is 0.458 e. The van der Waals surface area contributed by atoms with Gasteiger partial charge in [0.25, 0.3) is 6.71 Å². The van der Waals surface area contributed by atoms with Gasteiger partial charge in [0, 0.05) is 22.5 Å². The van der Waals surface area contributed by atoms with E-state index in [4.69, 9.17) is 4.74 Å². The Labute approximate surface area is 314 Å². The minimum atomic E-state index is -0.268. The Morgan fingerprint density at radius 2 is 0.962 bits per heavy atom. The van der Waals surface area contributed by atoms with Crippen LogP contribution in [0.15, 0.2) is 97.1 Å². The van der Waals surface area contributed by atoms with E-state index in [1.807, 2.05) is 0 Å². The number of benzene rings is 5. The molecule has 52 heavy (non-hydrogen) atoms. The van der Waals surface area contributed by atoms with Gasteiger partial charge in [-0.05, 0) is 114 Å². The van der Waals surface area contributed by atoms with Crippen LogP contribution < -0.4 is 26.0 Å². The summed E-state index contributed by atoms with van der Waals surface area (Å²) in [5.74, 6) is 1.96. The molecule has 0 atom stereocenters.